The summed E-state index contributed by atoms with van der Waals surface area (Å²) < 4.78 is 31.7. The summed E-state index contributed by atoms with van der Waals surface area (Å²) in [5.74, 6) is 0. The lowest BCUT2D eigenvalue weighted by atomic mass is 10.4. The van der Waals surface area contributed by atoms with Crippen LogP contribution in [0.4, 0.5) is 4.79 Å². The number of hydrogen-bond acceptors (Lipinski definition) is 5. The average Bonchev–Trinajstić information content (AvgIpc) is 2.85. The first kappa shape index (κ1) is 14.8. The molecule has 0 aliphatic carbocycles. The van der Waals surface area contributed by atoms with Gasteiger partial charge in [-0.3, -0.25) is 0 Å². The molecule has 0 aromatic carbocycles. The summed E-state index contributed by atoms with van der Waals surface area (Å²) in [6.07, 6.45) is -0.420. The molecule has 0 bridgehead atoms. The smallest absolute Gasteiger partial charge is 0.409 e. The molecule has 1 fully saturated rings. The average molecular weight is 369 g/mol. The van der Waals surface area contributed by atoms with Gasteiger partial charge in [0.15, 0.2) is 0 Å². The molecule has 9 heteroatoms. The van der Waals surface area contributed by atoms with Crippen LogP contribution < -0.4 is 0 Å². The van der Waals surface area contributed by atoms with Crippen molar-refractivity contribution in [2.24, 2.45) is 0 Å². The Balaban J connectivity index is 2.07. The summed E-state index contributed by atoms with van der Waals surface area (Å²) >= 11 is 4.43. The van der Waals surface area contributed by atoms with Crippen LogP contribution in [0.15, 0.2) is 20.1 Å². The van der Waals surface area contributed by atoms with Gasteiger partial charge < -0.3 is 9.64 Å². The van der Waals surface area contributed by atoms with Crippen LogP contribution in [0.3, 0.4) is 0 Å². The molecule has 2 heterocycles. The van der Waals surface area contributed by atoms with E-state index in [1.54, 1.807) is 12.1 Å². The van der Waals surface area contributed by atoms with Gasteiger partial charge in [0, 0.05) is 26.2 Å². The minimum atomic E-state index is -3.45. The molecule has 1 saturated heterocycles. The number of halogens is 1. The van der Waals surface area contributed by atoms with Crippen LogP contribution in [-0.2, 0) is 14.8 Å². The van der Waals surface area contributed by atoms with E-state index < -0.39 is 16.1 Å². The largest absolute Gasteiger partial charge is 0.453 e. The highest BCUT2D eigenvalue weighted by molar-refractivity contribution is 9.11. The molecule has 0 radical (unpaired) electrons. The molecule has 106 valence electrons. The third-order valence-corrected chi connectivity index (χ3v) is 6.80. The van der Waals surface area contributed by atoms with Crippen molar-refractivity contribution in [1.29, 1.82) is 0 Å². The van der Waals surface area contributed by atoms with Crippen molar-refractivity contribution in [2.45, 2.75) is 4.21 Å². The van der Waals surface area contributed by atoms with Crippen LogP contribution in [0.2, 0.25) is 0 Å². The molecule has 1 aliphatic heterocycles. The summed E-state index contributed by atoms with van der Waals surface area (Å²) in [5.41, 5.74) is 0. The molecule has 19 heavy (non-hydrogen) atoms. The fraction of sp³-hybridized carbons (Fsp3) is 0.500. The molecule has 1 aromatic rings. The Morgan fingerprint density at radius 2 is 1.95 bits per heavy atom. The third kappa shape index (κ3) is 3.10. The van der Waals surface area contributed by atoms with E-state index in [1.807, 2.05) is 0 Å². The van der Waals surface area contributed by atoms with Crippen molar-refractivity contribution in [1.82, 2.24) is 9.21 Å². The van der Waals surface area contributed by atoms with Gasteiger partial charge in [-0.25, -0.2) is 13.2 Å². The maximum Gasteiger partial charge on any atom is 0.409 e. The van der Waals surface area contributed by atoms with Crippen LogP contribution >= 0.6 is 27.3 Å². The zero-order valence-corrected chi connectivity index (χ0v) is 13.4. The number of sulfonamides is 1. The normalized spacial score (nSPS) is 17.5. The van der Waals surface area contributed by atoms with Gasteiger partial charge in [-0.1, -0.05) is 0 Å². The van der Waals surface area contributed by atoms with E-state index in [0.29, 0.717) is 17.3 Å². The number of thiophene rings is 1. The number of carbonyl (C=O) groups excluding carboxylic acids is 1. The molecular formula is C10H13BrN2O4S2. The van der Waals surface area contributed by atoms with Gasteiger partial charge in [-0.15, -0.1) is 11.3 Å². The lowest BCUT2D eigenvalue weighted by Crippen LogP contribution is -2.50. The van der Waals surface area contributed by atoms with Crippen molar-refractivity contribution < 1.29 is 17.9 Å². The van der Waals surface area contributed by atoms with E-state index in [9.17, 15) is 13.2 Å². The van der Waals surface area contributed by atoms with Crippen molar-refractivity contribution in [3.05, 3.63) is 15.9 Å². The van der Waals surface area contributed by atoms with Gasteiger partial charge in [0.25, 0.3) is 10.0 Å². The topological polar surface area (TPSA) is 66.9 Å². The number of methoxy groups -OCH3 is 1. The number of hydrogen-bond donors (Lipinski definition) is 0. The monoisotopic (exact) mass is 368 g/mol. The van der Waals surface area contributed by atoms with Gasteiger partial charge >= 0.3 is 6.09 Å². The Morgan fingerprint density at radius 1 is 1.32 bits per heavy atom. The number of piperazine rings is 1. The summed E-state index contributed by atoms with van der Waals surface area (Å²) in [5, 5.41) is 0. The molecule has 0 saturated carbocycles. The molecule has 0 atom stereocenters. The lowest BCUT2D eigenvalue weighted by molar-refractivity contribution is 0.108. The van der Waals surface area contributed by atoms with Crippen LogP contribution in [0.5, 0.6) is 0 Å². The Labute approximate surface area is 124 Å². The van der Waals surface area contributed by atoms with E-state index in [-0.39, 0.29) is 13.1 Å². The second-order valence-electron chi connectivity index (χ2n) is 3.92. The molecule has 0 spiro atoms. The predicted octanol–water partition coefficient (Wildman–Crippen LogP) is 1.58. The quantitative estimate of drug-likeness (QED) is 0.794. The molecule has 2 rings (SSSR count). The Morgan fingerprint density at radius 3 is 2.42 bits per heavy atom. The summed E-state index contributed by atoms with van der Waals surface area (Å²) in [6.45, 7) is 1.26. The van der Waals surface area contributed by atoms with Crippen molar-refractivity contribution in [3.63, 3.8) is 0 Å². The van der Waals surface area contributed by atoms with Crippen LogP contribution in [0, 0.1) is 0 Å². The first-order valence-corrected chi connectivity index (χ1v) is 8.58. The Bertz CT molecular complexity index is 564. The fourth-order valence-corrected chi connectivity index (χ4v) is 5.39. The number of rotatable bonds is 2. The predicted molar refractivity (Wildman–Crippen MR) is 74.8 cm³/mol. The number of nitrogens with zero attached hydrogens (tertiary/aromatic N) is 2. The van der Waals surface area contributed by atoms with E-state index >= 15 is 0 Å². The zero-order chi connectivity index (χ0) is 14.0. The highest BCUT2D eigenvalue weighted by Crippen LogP contribution is 2.28. The standard InChI is InChI=1S/C10H13BrN2O4S2/c1-17-10(14)12-4-6-13(7-5-12)19(15,16)9-3-2-8(11)18-9/h2-3H,4-7H2,1H3. The maximum atomic E-state index is 12.3. The van der Waals surface area contributed by atoms with Crippen LogP contribution in [0.1, 0.15) is 0 Å². The SMILES string of the molecule is COC(=O)N1CCN(S(=O)(=O)c2ccc(Br)s2)CC1. The summed E-state index contributed by atoms with van der Waals surface area (Å²) in [6, 6.07) is 3.29. The molecule has 0 N–H and O–H groups in total. The highest BCUT2D eigenvalue weighted by atomic mass is 79.9. The molecule has 0 unspecified atom stereocenters. The molecular weight excluding hydrogens is 356 g/mol. The number of amides is 1. The first-order chi connectivity index (χ1) is 8.95. The van der Waals surface area contributed by atoms with Crippen LogP contribution in [0.25, 0.3) is 0 Å². The Hall–Kier alpha value is -0.640. The Kier molecular flexibility index (Phi) is 4.49. The van der Waals surface area contributed by atoms with E-state index in [1.165, 1.54) is 27.7 Å². The van der Waals surface area contributed by atoms with E-state index in [4.69, 9.17) is 0 Å². The first-order valence-electron chi connectivity index (χ1n) is 5.53. The van der Waals surface area contributed by atoms with E-state index in [0.717, 1.165) is 3.79 Å². The van der Waals surface area contributed by atoms with Crippen molar-refractivity contribution >= 4 is 43.4 Å². The fourth-order valence-electron chi connectivity index (χ4n) is 1.80. The van der Waals surface area contributed by atoms with Crippen LogP contribution in [-0.4, -0.2) is 57.0 Å². The summed E-state index contributed by atoms with van der Waals surface area (Å²) in [4.78, 5) is 12.8. The second kappa shape index (κ2) is 5.78. The lowest BCUT2D eigenvalue weighted by Gasteiger charge is -2.32. The number of ether oxygens (including phenoxy) is 1. The van der Waals surface area contributed by atoms with Gasteiger partial charge in [0.2, 0.25) is 0 Å². The summed E-state index contributed by atoms with van der Waals surface area (Å²) in [7, 11) is -2.14. The van der Waals surface area contributed by atoms with Gasteiger partial charge in [-0.05, 0) is 28.1 Å². The van der Waals surface area contributed by atoms with Gasteiger partial charge in [-0.2, -0.15) is 4.31 Å². The van der Waals surface area contributed by atoms with E-state index in [2.05, 4.69) is 20.7 Å². The minimum Gasteiger partial charge on any atom is -0.453 e. The highest BCUT2D eigenvalue weighted by Gasteiger charge is 2.31. The zero-order valence-electron chi connectivity index (χ0n) is 10.2. The molecule has 1 amide bonds. The maximum absolute atomic E-state index is 12.3. The molecule has 6 nitrogen and oxygen atoms in total. The van der Waals surface area contributed by atoms with Gasteiger partial charge in [0.05, 0.1) is 10.9 Å². The molecule has 1 aliphatic rings. The van der Waals surface area contributed by atoms with Crippen molar-refractivity contribution in [3.8, 4) is 0 Å². The second-order valence-corrected chi connectivity index (χ2v) is 8.55. The van der Waals surface area contributed by atoms with Gasteiger partial charge in [0.1, 0.15) is 4.21 Å². The van der Waals surface area contributed by atoms with Crippen molar-refractivity contribution in [2.75, 3.05) is 33.3 Å². The minimum absolute atomic E-state index is 0.285. The molecule has 1 aromatic heterocycles. The third-order valence-electron chi connectivity index (χ3n) is 2.81. The number of carbonyl (C=O) groups is 1.